The van der Waals surface area contributed by atoms with E-state index in [1.54, 1.807) is 24.3 Å². The van der Waals surface area contributed by atoms with Gasteiger partial charge < -0.3 is 9.16 Å². The lowest BCUT2D eigenvalue weighted by Crippen LogP contribution is -2.53. The van der Waals surface area contributed by atoms with Crippen LogP contribution in [-0.4, -0.2) is 27.8 Å². The smallest absolute Gasteiger partial charge is 0.229 e. The largest absolute Gasteiger partial charge is 0.409 e. The van der Waals surface area contributed by atoms with Gasteiger partial charge in [-0.05, 0) is 41.2 Å². The van der Waals surface area contributed by atoms with Crippen LogP contribution in [0.4, 0.5) is 0 Å². The zero-order valence-electron chi connectivity index (χ0n) is 19.7. The fourth-order valence-corrected chi connectivity index (χ4v) is 13.1. The topological polar surface area (TPSA) is 55.9 Å². The van der Waals surface area contributed by atoms with Crippen LogP contribution >= 0.6 is 0 Å². The van der Waals surface area contributed by atoms with Crippen LogP contribution in [0.3, 0.4) is 0 Å². The van der Waals surface area contributed by atoms with E-state index in [-0.39, 0.29) is 4.90 Å². The molecule has 0 amide bonds. The van der Waals surface area contributed by atoms with Gasteiger partial charge >= 0.3 is 0 Å². The summed E-state index contributed by atoms with van der Waals surface area (Å²) < 4.78 is 41.0. The number of rotatable bonds is 9. The van der Waals surface area contributed by atoms with Crippen LogP contribution in [0.25, 0.3) is 0 Å². The van der Waals surface area contributed by atoms with Crippen LogP contribution in [0, 0.1) is 0 Å². The van der Waals surface area contributed by atoms with Crippen molar-refractivity contribution in [3.8, 4) is 0 Å². The van der Waals surface area contributed by atoms with E-state index in [0.717, 1.165) is 5.56 Å². The average molecular weight is 461 g/mol. The van der Waals surface area contributed by atoms with E-state index in [0.29, 0.717) is 16.6 Å². The van der Waals surface area contributed by atoms with Crippen molar-refractivity contribution in [1.29, 1.82) is 0 Å². The van der Waals surface area contributed by atoms with Crippen molar-refractivity contribution in [2.45, 2.75) is 87.1 Å². The van der Waals surface area contributed by atoms with Gasteiger partial charge in [-0.1, -0.05) is 90.1 Å². The van der Waals surface area contributed by atoms with Crippen molar-refractivity contribution >= 4 is 18.2 Å². The molecule has 31 heavy (non-hydrogen) atoms. The molecule has 0 bridgehead atoms. The van der Waals surface area contributed by atoms with Crippen molar-refractivity contribution in [2.75, 3.05) is 0 Å². The van der Waals surface area contributed by atoms with Crippen LogP contribution in [0.2, 0.25) is 16.6 Å². The van der Waals surface area contributed by atoms with E-state index in [4.69, 9.17) is 9.16 Å². The molecule has 0 aliphatic carbocycles. The minimum Gasteiger partial charge on any atom is -0.409 e. The van der Waals surface area contributed by atoms with E-state index in [1.165, 1.54) is 0 Å². The molecule has 2 aromatic carbocycles. The molecule has 170 valence electrons. The molecular formula is C25H36O4SSi. The molecule has 0 spiro atoms. The molecule has 0 unspecified atom stereocenters. The van der Waals surface area contributed by atoms with E-state index < -0.39 is 35.3 Å². The molecule has 1 saturated heterocycles. The van der Waals surface area contributed by atoms with Gasteiger partial charge in [0.2, 0.25) is 23.1 Å². The predicted molar refractivity (Wildman–Crippen MR) is 128 cm³/mol. The van der Waals surface area contributed by atoms with Crippen molar-refractivity contribution in [2.24, 2.45) is 0 Å². The first kappa shape index (κ1) is 24.2. The van der Waals surface area contributed by atoms with Gasteiger partial charge in [0, 0.05) is 0 Å². The third-order valence-electron chi connectivity index (χ3n) is 6.84. The molecule has 1 heterocycles. The molecule has 1 aliphatic heterocycles. The minimum atomic E-state index is -3.80. The van der Waals surface area contributed by atoms with Crippen LogP contribution in [-0.2, 0) is 19.0 Å². The summed E-state index contributed by atoms with van der Waals surface area (Å²) in [6, 6.07) is 18.2. The van der Waals surface area contributed by atoms with Gasteiger partial charge in [0.1, 0.15) is 6.10 Å². The highest BCUT2D eigenvalue weighted by Crippen LogP contribution is 2.59. The highest BCUT2D eigenvalue weighted by molar-refractivity contribution is 7.93. The average Bonchev–Trinajstić information content (AvgIpc) is 3.50. The van der Waals surface area contributed by atoms with Gasteiger partial charge in [-0.3, -0.25) is 0 Å². The molecule has 1 fully saturated rings. The number of ether oxygens (including phenoxy) is 1. The second-order valence-corrected chi connectivity index (χ2v) is 17.0. The maximum atomic E-state index is 13.9. The standard InChI is InChI=1S/C25H36O4SSi/c1-18(2)31(19(3)4,20(5)6)29-21(7)25(24(28-25)22-14-10-8-11-15-22)30(26,27)23-16-12-9-13-17-23/h8-21,24H,1-7H3/t21-,24-,25-/m0/s1. The quantitative estimate of drug-likeness (QED) is 0.316. The van der Waals surface area contributed by atoms with Crippen LogP contribution < -0.4 is 0 Å². The summed E-state index contributed by atoms with van der Waals surface area (Å²) in [4.78, 5) is -1.15. The molecule has 0 radical (unpaired) electrons. The first-order valence-electron chi connectivity index (χ1n) is 11.2. The van der Waals surface area contributed by atoms with Gasteiger partial charge in [0.05, 0.1) is 11.0 Å². The Balaban J connectivity index is 2.10. The number of hydrogen-bond donors (Lipinski definition) is 0. The summed E-state index contributed by atoms with van der Waals surface area (Å²) in [6.45, 7) is 15.1. The number of hydrogen-bond acceptors (Lipinski definition) is 4. The van der Waals surface area contributed by atoms with Crippen molar-refractivity contribution < 1.29 is 17.6 Å². The van der Waals surface area contributed by atoms with E-state index >= 15 is 0 Å². The third-order valence-corrected chi connectivity index (χ3v) is 15.4. The molecule has 2 aromatic rings. The SMILES string of the molecule is CC(C)[Si](O[C@@H](C)[C@@]1(S(=O)(=O)c2ccccc2)O[C@H]1c1ccccc1)(C(C)C)C(C)C. The Morgan fingerprint density at radius 2 is 1.26 bits per heavy atom. The van der Waals surface area contributed by atoms with Gasteiger partial charge in [0.15, 0.2) is 0 Å². The van der Waals surface area contributed by atoms with Gasteiger partial charge in [-0.15, -0.1) is 0 Å². The van der Waals surface area contributed by atoms with E-state index in [9.17, 15) is 8.42 Å². The van der Waals surface area contributed by atoms with E-state index in [1.807, 2.05) is 43.3 Å². The Bertz CT molecular complexity index is 951. The van der Waals surface area contributed by atoms with Crippen LogP contribution in [0.15, 0.2) is 65.6 Å². The molecule has 3 atom stereocenters. The molecule has 1 aliphatic rings. The Morgan fingerprint density at radius 1 is 0.806 bits per heavy atom. The van der Waals surface area contributed by atoms with Crippen LogP contribution in [0.5, 0.6) is 0 Å². The number of benzene rings is 2. The third kappa shape index (κ3) is 3.92. The second-order valence-electron chi connectivity index (χ2n) is 9.52. The first-order valence-corrected chi connectivity index (χ1v) is 14.8. The second kappa shape index (κ2) is 8.81. The number of epoxide rings is 1. The Kier molecular flexibility index (Phi) is 6.87. The molecule has 0 aromatic heterocycles. The van der Waals surface area contributed by atoms with Crippen molar-refractivity contribution in [1.82, 2.24) is 0 Å². The summed E-state index contributed by atoms with van der Waals surface area (Å²) in [5.74, 6) is 0. The molecule has 6 heteroatoms. The zero-order valence-corrected chi connectivity index (χ0v) is 21.5. The lowest BCUT2D eigenvalue weighted by molar-refractivity contribution is 0.133. The lowest BCUT2D eigenvalue weighted by atomic mass is 10.1. The summed E-state index contributed by atoms with van der Waals surface area (Å²) in [7, 11) is -6.11. The maximum Gasteiger partial charge on any atom is 0.229 e. The van der Waals surface area contributed by atoms with Gasteiger partial charge in [-0.2, -0.15) is 0 Å². The Labute approximate surface area is 189 Å². The first-order chi connectivity index (χ1) is 14.5. The molecule has 4 nitrogen and oxygen atoms in total. The fraction of sp³-hybridized carbons (Fsp3) is 0.520. The monoisotopic (exact) mass is 460 g/mol. The molecule has 3 rings (SSSR count). The minimum absolute atomic E-state index is 0.273. The fourth-order valence-electron chi connectivity index (χ4n) is 5.39. The van der Waals surface area contributed by atoms with Crippen molar-refractivity contribution in [3.63, 3.8) is 0 Å². The number of sulfone groups is 1. The normalized spacial score (nSPS) is 22.8. The Hall–Kier alpha value is -1.47. The Morgan fingerprint density at radius 3 is 1.71 bits per heavy atom. The van der Waals surface area contributed by atoms with Gasteiger partial charge in [-0.25, -0.2) is 8.42 Å². The highest BCUT2D eigenvalue weighted by Gasteiger charge is 2.71. The summed E-state index contributed by atoms with van der Waals surface area (Å²) in [6.07, 6.45) is -1.14. The van der Waals surface area contributed by atoms with E-state index in [2.05, 4.69) is 41.5 Å². The van der Waals surface area contributed by atoms with Crippen LogP contribution in [0.1, 0.15) is 60.1 Å². The highest BCUT2D eigenvalue weighted by atomic mass is 32.2. The summed E-state index contributed by atoms with van der Waals surface area (Å²) in [5, 5.41) is 0. The summed E-state index contributed by atoms with van der Waals surface area (Å²) in [5.41, 5.74) is 1.91. The molecule has 0 N–H and O–H groups in total. The predicted octanol–water partition coefficient (Wildman–Crippen LogP) is 6.51. The summed E-state index contributed by atoms with van der Waals surface area (Å²) >= 11 is 0. The maximum absolute atomic E-state index is 13.9. The van der Waals surface area contributed by atoms with Gasteiger partial charge in [0.25, 0.3) is 0 Å². The lowest BCUT2D eigenvalue weighted by Gasteiger charge is -2.45. The zero-order chi connectivity index (χ0) is 23.0. The van der Waals surface area contributed by atoms with Crippen molar-refractivity contribution in [3.05, 3.63) is 66.2 Å². The molecule has 0 saturated carbocycles. The molecular weight excluding hydrogens is 424 g/mol.